The molecule has 1 aliphatic heterocycles. The largest absolute Gasteiger partial charge is 0.494 e. The summed E-state index contributed by atoms with van der Waals surface area (Å²) in [5.74, 6) is -1.02. The van der Waals surface area contributed by atoms with Gasteiger partial charge in [-0.15, -0.1) is 5.06 Å². The van der Waals surface area contributed by atoms with Crippen LogP contribution in [0.4, 0.5) is 0 Å². The van der Waals surface area contributed by atoms with Gasteiger partial charge >= 0.3 is 5.97 Å². The van der Waals surface area contributed by atoms with Gasteiger partial charge in [0.2, 0.25) is 0 Å². The lowest BCUT2D eigenvalue weighted by molar-refractivity contribution is -0.172. The Bertz CT molecular complexity index is 610. The molecule has 1 heterocycles. The molecular weight excluding hydrogens is 346 g/mol. The molecule has 0 spiro atoms. The predicted octanol–water partition coefficient (Wildman–Crippen LogP) is 4.43. The van der Waals surface area contributed by atoms with E-state index < -0.39 is 17.8 Å². The van der Waals surface area contributed by atoms with Crippen molar-refractivity contribution < 1.29 is 24.0 Å². The highest BCUT2D eigenvalue weighted by molar-refractivity contribution is 6.02. The molecule has 0 unspecified atom stereocenters. The van der Waals surface area contributed by atoms with Crippen LogP contribution >= 0.6 is 0 Å². The lowest BCUT2D eigenvalue weighted by Crippen LogP contribution is -2.32. The molecule has 0 N–H and O–H groups in total. The molecule has 1 aromatic rings. The van der Waals surface area contributed by atoms with Crippen LogP contribution in [0, 0.1) is 0 Å². The Balaban J connectivity index is 1.64. The summed E-state index contributed by atoms with van der Waals surface area (Å²) in [6, 6.07) is 6.51. The Kier molecular flexibility index (Phi) is 8.81. The lowest BCUT2D eigenvalue weighted by Gasteiger charge is -2.12. The number of hydrogen-bond acceptors (Lipinski definition) is 5. The third-order valence-electron chi connectivity index (χ3n) is 4.54. The zero-order valence-electron chi connectivity index (χ0n) is 16.1. The third-order valence-corrected chi connectivity index (χ3v) is 4.54. The van der Waals surface area contributed by atoms with E-state index in [4.69, 9.17) is 9.57 Å². The van der Waals surface area contributed by atoms with E-state index >= 15 is 0 Å². The van der Waals surface area contributed by atoms with Crippen LogP contribution in [-0.2, 0) is 14.4 Å². The van der Waals surface area contributed by atoms with Gasteiger partial charge in [0.25, 0.3) is 11.8 Å². The van der Waals surface area contributed by atoms with Crippen LogP contribution in [0.3, 0.4) is 0 Å². The highest BCUT2D eigenvalue weighted by Gasteiger charge is 2.33. The smallest absolute Gasteiger partial charge is 0.363 e. The summed E-state index contributed by atoms with van der Waals surface area (Å²) < 4.78 is 5.68. The first-order chi connectivity index (χ1) is 13.1. The van der Waals surface area contributed by atoms with E-state index in [0.717, 1.165) is 12.8 Å². The Morgan fingerprint density at radius 2 is 1.44 bits per heavy atom. The van der Waals surface area contributed by atoms with Gasteiger partial charge < -0.3 is 9.57 Å². The zero-order chi connectivity index (χ0) is 19.5. The summed E-state index contributed by atoms with van der Waals surface area (Å²) in [4.78, 5) is 39.8. The molecule has 1 aliphatic rings. The standard InChI is InChI=1S/C21H29NO5/c1-2-3-4-5-6-7-8-9-16-26-18-12-10-17(11-13-18)21(25)27-22-19(23)14-15-20(22)24/h10-13H,2-9,14-16H2,1H3. The van der Waals surface area contributed by atoms with Gasteiger partial charge in [-0.1, -0.05) is 51.9 Å². The highest BCUT2D eigenvalue weighted by atomic mass is 16.7. The van der Waals surface area contributed by atoms with Crippen molar-refractivity contribution in [3.05, 3.63) is 29.8 Å². The van der Waals surface area contributed by atoms with Gasteiger partial charge in [-0.05, 0) is 30.7 Å². The summed E-state index contributed by atoms with van der Waals surface area (Å²) in [6.07, 6.45) is 10.1. The number of hydrogen-bond donors (Lipinski definition) is 0. The summed E-state index contributed by atoms with van der Waals surface area (Å²) in [6.45, 7) is 2.87. The van der Waals surface area contributed by atoms with Crippen LogP contribution in [0.25, 0.3) is 0 Å². The number of hydroxylamine groups is 2. The van der Waals surface area contributed by atoms with Crippen molar-refractivity contribution >= 4 is 17.8 Å². The van der Waals surface area contributed by atoms with Gasteiger partial charge in [0.1, 0.15) is 5.75 Å². The summed E-state index contributed by atoms with van der Waals surface area (Å²) in [5.41, 5.74) is 0.266. The van der Waals surface area contributed by atoms with Crippen molar-refractivity contribution in [2.45, 2.75) is 71.1 Å². The number of carbonyl (C=O) groups is 3. The average Bonchev–Trinajstić information content (AvgIpc) is 2.99. The number of amides is 2. The second-order valence-electron chi connectivity index (χ2n) is 6.81. The molecule has 6 heteroatoms. The molecule has 6 nitrogen and oxygen atoms in total. The molecule has 0 aliphatic carbocycles. The summed E-state index contributed by atoms with van der Waals surface area (Å²) >= 11 is 0. The van der Waals surface area contributed by atoms with Gasteiger partial charge in [0.05, 0.1) is 12.2 Å². The van der Waals surface area contributed by atoms with E-state index in [9.17, 15) is 14.4 Å². The number of benzene rings is 1. The SMILES string of the molecule is CCCCCCCCCCOc1ccc(C(=O)ON2C(=O)CCC2=O)cc1. The normalized spacial score (nSPS) is 13.9. The van der Waals surface area contributed by atoms with Crippen LogP contribution in [0.5, 0.6) is 5.75 Å². The van der Waals surface area contributed by atoms with Crippen molar-refractivity contribution in [1.29, 1.82) is 0 Å². The molecule has 1 saturated heterocycles. The second kappa shape index (κ2) is 11.4. The topological polar surface area (TPSA) is 72.9 Å². The summed E-state index contributed by atoms with van der Waals surface area (Å²) in [7, 11) is 0. The van der Waals surface area contributed by atoms with Crippen LogP contribution in [0.2, 0.25) is 0 Å². The lowest BCUT2D eigenvalue weighted by atomic mass is 10.1. The van der Waals surface area contributed by atoms with Crippen LogP contribution in [0.15, 0.2) is 24.3 Å². The van der Waals surface area contributed by atoms with Crippen molar-refractivity contribution in [2.24, 2.45) is 0 Å². The number of nitrogens with zero attached hydrogens (tertiary/aromatic N) is 1. The van der Waals surface area contributed by atoms with E-state index in [2.05, 4.69) is 6.92 Å². The van der Waals surface area contributed by atoms with E-state index in [1.807, 2.05) is 0 Å². The minimum atomic E-state index is -0.728. The number of rotatable bonds is 12. The molecular formula is C21H29NO5. The molecule has 2 amide bonds. The first kappa shape index (κ1) is 20.9. The molecule has 0 atom stereocenters. The number of unbranched alkanes of at least 4 members (excludes halogenated alkanes) is 7. The zero-order valence-corrected chi connectivity index (χ0v) is 16.1. The molecule has 0 radical (unpaired) electrons. The quantitative estimate of drug-likeness (QED) is 0.399. The molecule has 2 rings (SSSR count). The van der Waals surface area contributed by atoms with Crippen molar-refractivity contribution in [3.63, 3.8) is 0 Å². The molecule has 0 saturated carbocycles. The Morgan fingerprint density at radius 1 is 0.889 bits per heavy atom. The van der Waals surface area contributed by atoms with Crippen LogP contribution in [-0.4, -0.2) is 29.5 Å². The number of ether oxygens (including phenoxy) is 1. The van der Waals surface area contributed by atoms with Gasteiger partial charge in [0.15, 0.2) is 0 Å². The second-order valence-corrected chi connectivity index (χ2v) is 6.81. The highest BCUT2D eigenvalue weighted by Crippen LogP contribution is 2.17. The maximum absolute atomic E-state index is 12.0. The van der Waals surface area contributed by atoms with Gasteiger partial charge in [-0.25, -0.2) is 4.79 Å². The maximum Gasteiger partial charge on any atom is 0.363 e. The minimum Gasteiger partial charge on any atom is -0.494 e. The Hall–Kier alpha value is -2.37. The first-order valence-corrected chi connectivity index (χ1v) is 9.92. The molecule has 27 heavy (non-hydrogen) atoms. The van der Waals surface area contributed by atoms with Gasteiger partial charge in [0, 0.05) is 12.8 Å². The Labute approximate surface area is 160 Å². The van der Waals surface area contributed by atoms with Gasteiger partial charge in [-0.3, -0.25) is 9.59 Å². The molecule has 1 fully saturated rings. The van der Waals surface area contributed by atoms with E-state index in [-0.39, 0.29) is 18.4 Å². The fourth-order valence-electron chi connectivity index (χ4n) is 2.91. The van der Waals surface area contributed by atoms with Crippen molar-refractivity contribution in [1.82, 2.24) is 5.06 Å². The fraction of sp³-hybridized carbons (Fsp3) is 0.571. The number of imide groups is 1. The average molecular weight is 375 g/mol. The molecule has 148 valence electrons. The molecule has 0 aromatic heterocycles. The molecule has 0 bridgehead atoms. The summed E-state index contributed by atoms with van der Waals surface area (Å²) in [5, 5.41) is 0.551. The van der Waals surface area contributed by atoms with Crippen molar-refractivity contribution in [2.75, 3.05) is 6.61 Å². The fourth-order valence-corrected chi connectivity index (χ4v) is 2.91. The maximum atomic E-state index is 12.0. The van der Waals surface area contributed by atoms with E-state index in [0.29, 0.717) is 17.4 Å². The predicted molar refractivity (Wildman–Crippen MR) is 101 cm³/mol. The first-order valence-electron chi connectivity index (χ1n) is 9.92. The van der Waals surface area contributed by atoms with Gasteiger partial charge in [-0.2, -0.15) is 0 Å². The van der Waals surface area contributed by atoms with Crippen LogP contribution in [0.1, 0.15) is 81.5 Å². The Morgan fingerprint density at radius 3 is 2.04 bits per heavy atom. The minimum absolute atomic E-state index is 0.0810. The van der Waals surface area contributed by atoms with Crippen LogP contribution < -0.4 is 4.74 Å². The third kappa shape index (κ3) is 7.04. The monoisotopic (exact) mass is 375 g/mol. The molecule has 1 aromatic carbocycles. The van der Waals surface area contributed by atoms with E-state index in [1.165, 1.54) is 38.5 Å². The van der Waals surface area contributed by atoms with E-state index in [1.54, 1.807) is 24.3 Å². The number of carbonyl (C=O) groups excluding carboxylic acids is 3. The van der Waals surface area contributed by atoms with Crippen molar-refractivity contribution in [3.8, 4) is 5.75 Å².